The number of hydrogen-bond donors (Lipinski definition) is 2. The summed E-state index contributed by atoms with van der Waals surface area (Å²) in [6.07, 6.45) is 0. The minimum Gasteiger partial charge on any atom is -0.351 e. The lowest BCUT2D eigenvalue weighted by Gasteiger charge is -1.96. The molecule has 0 radical (unpaired) electrons. The first kappa shape index (κ1) is 8.80. The third-order valence-electron chi connectivity index (χ3n) is 2.72. The second-order valence-corrected chi connectivity index (χ2v) is 3.39. The maximum atomic E-state index is 11.5. The van der Waals surface area contributed by atoms with E-state index >= 15 is 0 Å². The lowest BCUT2D eigenvalue weighted by Crippen LogP contribution is -2.18. The summed E-state index contributed by atoms with van der Waals surface area (Å²) >= 11 is 0. The van der Waals surface area contributed by atoms with Gasteiger partial charge in [0.2, 0.25) is 0 Å². The largest absolute Gasteiger partial charge is 0.351 e. The summed E-state index contributed by atoms with van der Waals surface area (Å²) < 4.78 is 1.84. The van der Waals surface area contributed by atoms with Crippen LogP contribution in [0, 0.1) is 13.8 Å². The van der Waals surface area contributed by atoms with Gasteiger partial charge in [-0.3, -0.25) is 19.8 Å². The van der Waals surface area contributed by atoms with Crippen LogP contribution < -0.4 is 11.1 Å². The minimum atomic E-state index is -0.249. The van der Waals surface area contributed by atoms with E-state index in [2.05, 4.69) is 10.2 Å². The van der Waals surface area contributed by atoms with Crippen molar-refractivity contribution in [2.24, 2.45) is 7.05 Å². The van der Waals surface area contributed by atoms with Crippen LogP contribution in [0.1, 0.15) is 11.4 Å². The highest BCUT2D eigenvalue weighted by atomic mass is 16.1. The Balaban J connectivity index is 3.25. The molecule has 74 valence electrons. The molecular formula is C9H11N3O2. The molecule has 0 spiro atoms. The molecule has 0 amide bonds. The topological polar surface area (TPSA) is 70.7 Å². The van der Waals surface area contributed by atoms with Gasteiger partial charge in [0, 0.05) is 18.4 Å². The predicted octanol–water partition coefficient (Wildman–Crippen LogP) is 0.172. The Kier molecular flexibility index (Phi) is 1.64. The number of aromatic amines is 2. The van der Waals surface area contributed by atoms with Gasteiger partial charge in [0.25, 0.3) is 11.1 Å². The molecular weight excluding hydrogens is 182 g/mol. The highest BCUT2D eigenvalue weighted by Crippen LogP contribution is 2.16. The molecule has 0 aliphatic heterocycles. The normalized spacial score (nSPS) is 11.1. The Hall–Kier alpha value is -1.78. The zero-order valence-corrected chi connectivity index (χ0v) is 8.26. The van der Waals surface area contributed by atoms with E-state index in [0.717, 1.165) is 11.4 Å². The Morgan fingerprint density at radius 2 is 1.29 bits per heavy atom. The molecule has 5 nitrogen and oxygen atoms in total. The molecule has 0 fully saturated rings. The van der Waals surface area contributed by atoms with E-state index in [1.807, 2.05) is 25.5 Å². The summed E-state index contributed by atoms with van der Waals surface area (Å²) in [4.78, 5) is 23.0. The smallest absolute Gasteiger partial charge is 0.272 e. The molecule has 0 aliphatic rings. The summed E-state index contributed by atoms with van der Waals surface area (Å²) in [7, 11) is 1.84. The molecule has 5 heteroatoms. The third-order valence-corrected chi connectivity index (χ3v) is 2.72. The van der Waals surface area contributed by atoms with Gasteiger partial charge in [0.15, 0.2) is 0 Å². The highest BCUT2D eigenvalue weighted by molar-refractivity contribution is 5.86. The maximum absolute atomic E-state index is 11.5. The number of nitrogens with zero attached hydrogens (tertiary/aromatic N) is 1. The summed E-state index contributed by atoms with van der Waals surface area (Å²) in [6, 6.07) is 0. The standard InChI is InChI=1S/C9H11N3O2/c1-4-6-7(5(2)12(4)3)9(14)11-10-8(6)13/h1-3H3,(H,10,13)(H,11,14). The van der Waals surface area contributed by atoms with Crippen LogP contribution >= 0.6 is 0 Å². The van der Waals surface area contributed by atoms with Crippen LogP contribution in [0.25, 0.3) is 10.8 Å². The van der Waals surface area contributed by atoms with Crippen molar-refractivity contribution in [1.29, 1.82) is 0 Å². The van der Waals surface area contributed by atoms with Gasteiger partial charge in [0.1, 0.15) is 0 Å². The minimum absolute atomic E-state index is 0.249. The first-order valence-corrected chi connectivity index (χ1v) is 4.30. The van der Waals surface area contributed by atoms with Crippen molar-refractivity contribution in [2.45, 2.75) is 13.8 Å². The lowest BCUT2D eigenvalue weighted by atomic mass is 10.2. The average molecular weight is 193 g/mol. The zero-order chi connectivity index (χ0) is 10.5. The van der Waals surface area contributed by atoms with Gasteiger partial charge in [-0.15, -0.1) is 0 Å². The maximum Gasteiger partial charge on any atom is 0.272 e. The fourth-order valence-corrected chi connectivity index (χ4v) is 1.74. The third kappa shape index (κ3) is 0.891. The molecule has 0 unspecified atom stereocenters. The number of nitrogens with one attached hydrogen (secondary N) is 2. The van der Waals surface area contributed by atoms with Crippen molar-refractivity contribution in [3.63, 3.8) is 0 Å². The quantitative estimate of drug-likeness (QED) is 0.626. The average Bonchev–Trinajstić information content (AvgIpc) is 2.38. The number of fused-ring (bicyclic) bond motifs is 1. The molecule has 2 heterocycles. The predicted molar refractivity (Wildman–Crippen MR) is 53.6 cm³/mol. The molecule has 2 aromatic rings. The molecule has 14 heavy (non-hydrogen) atoms. The van der Waals surface area contributed by atoms with Gasteiger partial charge in [-0.2, -0.15) is 0 Å². The van der Waals surface area contributed by atoms with Crippen molar-refractivity contribution >= 4 is 10.8 Å². The monoisotopic (exact) mass is 193 g/mol. The summed E-state index contributed by atoms with van der Waals surface area (Å²) in [5, 5.41) is 5.60. The second-order valence-electron chi connectivity index (χ2n) is 3.39. The fraction of sp³-hybridized carbons (Fsp3) is 0.333. The number of aromatic nitrogens is 3. The SMILES string of the molecule is Cc1c2c(=O)[nH][nH]c(=O)c2c(C)n1C. The number of rotatable bonds is 0. The molecule has 2 rings (SSSR count). The Bertz CT molecular complexity index is 562. The van der Waals surface area contributed by atoms with Crippen LogP contribution in [-0.4, -0.2) is 14.8 Å². The van der Waals surface area contributed by atoms with Gasteiger partial charge in [0.05, 0.1) is 10.8 Å². The lowest BCUT2D eigenvalue weighted by molar-refractivity contribution is 0.850. The Morgan fingerprint density at radius 1 is 0.929 bits per heavy atom. The molecule has 0 saturated carbocycles. The van der Waals surface area contributed by atoms with Crippen molar-refractivity contribution in [2.75, 3.05) is 0 Å². The van der Waals surface area contributed by atoms with Crippen molar-refractivity contribution in [3.05, 3.63) is 32.1 Å². The number of aryl methyl sites for hydroxylation is 2. The molecule has 0 aromatic carbocycles. The highest BCUT2D eigenvalue weighted by Gasteiger charge is 2.13. The molecule has 0 bridgehead atoms. The van der Waals surface area contributed by atoms with Crippen molar-refractivity contribution < 1.29 is 0 Å². The molecule has 0 saturated heterocycles. The molecule has 0 aliphatic carbocycles. The van der Waals surface area contributed by atoms with Gasteiger partial charge in [-0.05, 0) is 13.8 Å². The van der Waals surface area contributed by atoms with E-state index in [9.17, 15) is 9.59 Å². The summed E-state index contributed by atoms with van der Waals surface area (Å²) in [5.74, 6) is 0. The second kappa shape index (κ2) is 2.60. The van der Waals surface area contributed by atoms with E-state index in [1.165, 1.54) is 0 Å². The van der Waals surface area contributed by atoms with Crippen molar-refractivity contribution in [3.8, 4) is 0 Å². The van der Waals surface area contributed by atoms with E-state index in [0.29, 0.717) is 10.8 Å². The van der Waals surface area contributed by atoms with E-state index in [1.54, 1.807) is 0 Å². The Morgan fingerprint density at radius 3 is 1.64 bits per heavy atom. The first-order valence-electron chi connectivity index (χ1n) is 4.30. The van der Waals surface area contributed by atoms with Crippen molar-refractivity contribution in [1.82, 2.24) is 14.8 Å². The molecule has 2 N–H and O–H groups in total. The van der Waals surface area contributed by atoms with E-state index < -0.39 is 0 Å². The van der Waals surface area contributed by atoms with Crippen LogP contribution in [0.5, 0.6) is 0 Å². The summed E-state index contributed by atoms with van der Waals surface area (Å²) in [6.45, 7) is 3.65. The van der Waals surface area contributed by atoms with Crippen LogP contribution in [0.3, 0.4) is 0 Å². The first-order chi connectivity index (χ1) is 6.54. The molecule has 2 aromatic heterocycles. The van der Waals surface area contributed by atoms with Gasteiger partial charge in [-0.25, -0.2) is 0 Å². The molecule has 0 atom stereocenters. The van der Waals surface area contributed by atoms with Crippen LogP contribution in [0.2, 0.25) is 0 Å². The van der Waals surface area contributed by atoms with Gasteiger partial charge < -0.3 is 4.57 Å². The Labute approximate surface area is 79.4 Å². The zero-order valence-electron chi connectivity index (χ0n) is 8.26. The fourth-order valence-electron chi connectivity index (χ4n) is 1.74. The van der Waals surface area contributed by atoms with E-state index in [4.69, 9.17) is 0 Å². The number of H-pyrrole nitrogens is 2. The van der Waals surface area contributed by atoms with E-state index in [-0.39, 0.29) is 11.1 Å². The number of hydrogen-bond acceptors (Lipinski definition) is 2. The van der Waals surface area contributed by atoms with Crippen LogP contribution in [-0.2, 0) is 7.05 Å². The summed E-state index contributed by atoms with van der Waals surface area (Å²) in [5.41, 5.74) is 1.12. The van der Waals surface area contributed by atoms with Gasteiger partial charge in [-0.1, -0.05) is 0 Å². The van der Waals surface area contributed by atoms with Crippen LogP contribution in [0.4, 0.5) is 0 Å². The van der Waals surface area contributed by atoms with Gasteiger partial charge >= 0.3 is 0 Å². The van der Waals surface area contributed by atoms with Crippen LogP contribution in [0.15, 0.2) is 9.59 Å².